The maximum atomic E-state index is 13.1. The Bertz CT molecular complexity index is 685. The van der Waals surface area contributed by atoms with Gasteiger partial charge in [0.1, 0.15) is 10.7 Å². The van der Waals surface area contributed by atoms with Crippen molar-refractivity contribution in [2.45, 2.75) is 13.8 Å². The molecule has 110 valence electrons. The molecule has 1 N–H and O–H groups in total. The number of anilines is 1. The molecule has 0 saturated carbocycles. The van der Waals surface area contributed by atoms with Gasteiger partial charge in [-0.25, -0.2) is 14.2 Å². The Morgan fingerprint density at radius 1 is 1.43 bits per heavy atom. The SMILES string of the molecule is CCOC(=O)c1sc(NC(=O)c2cccc(F)c2)nc1C. The van der Waals surface area contributed by atoms with Crippen LogP contribution in [0.15, 0.2) is 24.3 Å². The van der Waals surface area contributed by atoms with Crippen molar-refractivity contribution in [3.63, 3.8) is 0 Å². The van der Waals surface area contributed by atoms with Gasteiger partial charge in [-0.15, -0.1) is 0 Å². The van der Waals surface area contributed by atoms with Gasteiger partial charge >= 0.3 is 5.97 Å². The lowest BCUT2D eigenvalue weighted by Crippen LogP contribution is -2.11. The number of nitrogens with zero attached hydrogens (tertiary/aromatic N) is 1. The minimum absolute atomic E-state index is 0.181. The summed E-state index contributed by atoms with van der Waals surface area (Å²) in [6, 6.07) is 5.32. The Morgan fingerprint density at radius 3 is 2.86 bits per heavy atom. The molecule has 0 spiro atoms. The summed E-state index contributed by atoms with van der Waals surface area (Å²) < 4.78 is 18.0. The first-order chi connectivity index (χ1) is 10.0. The minimum Gasteiger partial charge on any atom is -0.462 e. The summed E-state index contributed by atoms with van der Waals surface area (Å²) in [5.74, 6) is -1.46. The van der Waals surface area contributed by atoms with Crippen LogP contribution in [0.3, 0.4) is 0 Å². The molecule has 21 heavy (non-hydrogen) atoms. The highest BCUT2D eigenvalue weighted by Gasteiger charge is 2.18. The molecule has 1 heterocycles. The molecule has 0 radical (unpaired) electrons. The van der Waals surface area contributed by atoms with Crippen molar-refractivity contribution in [2.75, 3.05) is 11.9 Å². The largest absolute Gasteiger partial charge is 0.462 e. The van der Waals surface area contributed by atoms with Crippen LogP contribution < -0.4 is 5.32 Å². The van der Waals surface area contributed by atoms with Crippen LogP contribution in [0.25, 0.3) is 0 Å². The van der Waals surface area contributed by atoms with Crippen LogP contribution in [0.4, 0.5) is 9.52 Å². The lowest BCUT2D eigenvalue weighted by atomic mass is 10.2. The quantitative estimate of drug-likeness (QED) is 0.882. The van der Waals surface area contributed by atoms with Crippen molar-refractivity contribution in [3.05, 3.63) is 46.2 Å². The second-order valence-electron chi connectivity index (χ2n) is 4.12. The highest BCUT2D eigenvalue weighted by atomic mass is 32.1. The zero-order valence-corrected chi connectivity index (χ0v) is 12.3. The van der Waals surface area contributed by atoms with E-state index in [2.05, 4.69) is 10.3 Å². The lowest BCUT2D eigenvalue weighted by molar-refractivity contribution is 0.0531. The third kappa shape index (κ3) is 3.63. The number of ether oxygens (including phenoxy) is 1. The first kappa shape index (κ1) is 15.1. The summed E-state index contributed by atoms with van der Waals surface area (Å²) in [7, 11) is 0. The van der Waals surface area contributed by atoms with E-state index in [-0.39, 0.29) is 17.3 Å². The number of esters is 1. The number of aryl methyl sites for hydroxylation is 1. The predicted octanol–water partition coefficient (Wildman–Crippen LogP) is 3.02. The van der Waals surface area contributed by atoms with Crippen molar-refractivity contribution in [3.8, 4) is 0 Å². The highest BCUT2D eigenvalue weighted by molar-refractivity contribution is 7.17. The molecule has 1 aromatic carbocycles. The molecule has 5 nitrogen and oxygen atoms in total. The van der Waals surface area contributed by atoms with E-state index in [4.69, 9.17) is 4.74 Å². The molecule has 1 amide bonds. The summed E-state index contributed by atoms with van der Waals surface area (Å²) in [4.78, 5) is 28.1. The van der Waals surface area contributed by atoms with Crippen LogP contribution >= 0.6 is 11.3 Å². The predicted molar refractivity (Wildman–Crippen MR) is 77.2 cm³/mol. The number of amides is 1. The van der Waals surface area contributed by atoms with Crippen LogP contribution in [0.2, 0.25) is 0 Å². The van der Waals surface area contributed by atoms with Gasteiger partial charge in [0, 0.05) is 5.56 Å². The number of halogens is 1. The van der Waals surface area contributed by atoms with Crippen LogP contribution in [0.1, 0.15) is 32.6 Å². The van der Waals surface area contributed by atoms with Gasteiger partial charge in [-0.1, -0.05) is 17.4 Å². The summed E-state index contributed by atoms with van der Waals surface area (Å²) in [5, 5.41) is 2.81. The summed E-state index contributed by atoms with van der Waals surface area (Å²) in [6.07, 6.45) is 0. The molecular formula is C14H13FN2O3S. The molecule has 2 rings (SSSR count). The van der Waals surface area contributed by atoms with E-state index in [0.29, 0.717) is 10.6 Å². The second-order valence-corrected chi connectivity index (χ2v) is 5.12. The highest BCUT2D eigenvalue weighted by Crippen LogP contribution is 2.24. The smallest absolute Gasteiger partial charge is 0.350 e. The number of thiazole rings is 1. The van der Waals surface area contributed by atoms with E-state index in [0.717, 1.165) is 17.4 Å². The Balaban J connectivity index is 2.15. The maximum absolute atomic E-state index is 13.1. The number of nitrogens with one attached hydrogen (secondary N) is 1. The number of rotatable bonds is 4. The molecule has 0 aliphatic rings. The number of aromatic nitrogens is 1. The average Bonchev–Trinajstić information content (AvgIpc) is 2.80. The molecule has 2 aromatic rings. The van der Waals surface area contributed by atoms with Gasteiger partial charge in [0.2, 0.25) is 0 Å². The Labute approximate surface area is 124 Å². The van der Waals surface area contributed by atoms with Gasteiger partial charge in [-0.05, 0) is 32.0 Å². The van der Waals surface area contributed by atoms with Gasteiger partial charge in [-0.3, -0.25) is 10.1 Å². The van der Waals surface area contributed by atoms with Gasteiger partial charge in [0.25, 0.3) is 5.91 Å². The van der Waals surface area contributed by atoms with Crippen molar-refractivity contribution in [1.29, 1.82) is 0 Å². The number of carbonyl (C=O) groups is 2. The normalized spacial score (nSPS) is 10.2. The van der Waals surface area contributed by atoms with Gasteiger partial charge in [0.05, 0.1) is 12.3 Å². The van der Waals surface area contributed by atoms with Crippen molar-refractivity contribution in [1.82, 2.24) is 4.98 Å². The molecule has 7 heteroatoms. The van der Waals surface area contributed by atoms with E-state index in [1.807, 2.05) is 0 Å². The van der Waals surface area contributed by atoms with E-state index >= 15 is 0 Å². The third-order valence-corrected chi connectivity index (χ3v) is 3.62. The summed E-state index contributed by atoms with van der Waals surface area (Å²) in [5.41, 5.74) is 0.661. The van der Waals surface area contributed by atoms with Crippen LogP contribution in [0.5, 0.6) is 0 Å². The number of hydrogen-bond donors (Lipinski definition) is 1. The topological polar surface area (TPSA) is 68.3 Å². The van der Waals surface area contributed by atoms with Gasteiger partial charge < -0.3 is 4.74 Å². The molecule has 0 aliphatic carbocycles. The number of carbonyl (C=O) groups excluding carboxylic acids is 2. The Hall–Kier alpha value is -2.28. The molecule has 0 bridgehead atoms. The molecule has 0 atom stereocenters. The van der Waals surface area contributed by atoms with Crippen molar-refractivity contribution in [2.24, 2.45) is 0 Å². The molecule has 0 aliphatic heterocycles. The van der Waals surface area contributed by atoms with Crippen LogP contribution in [-0.4, -0.2) is 23.5 Å². The van der Waals surface area contributed by atoms with E-state index in [9.17, 15) is 14.0 Å². The summed E-state index contributed by atoms with van der Waals surface area (Å²) >= 11 is 1.02. The van der Waals surface area contributed by atoms with Crippen LogP contribution in [0, 0.1) is 12.7 Å². The number of hydrogen-bond acceptors (Lipinski definition) is 5. The Kier molecular flexibility index (Phi) is 4.64. The minimum atomic E-state index is -0.495. The van der Waals surface area contributed by atoms with E-state index in [1.54, 1.807) is 13.8 Å². The summed E-state index contributed by atoms with van der Waals surface area (Å²) in [6.45, 7) is 3.63. The van der Waals surface area contributed by atoms with Crippen LogP contribution in [-0.2, 0) is 4.74 Å². The molecular weight excluding hydrogens is 295 g/mol. The molecule has 0 saturated heterocycles. The van der Waals surface area contributed by atoms with E-state index < -0.39 is 17.7 Å². The molecule has 0 unspecified atom stereocenters. The fourth-order valence-corrected chi connectivity index (χ4v) is 2.49. The average molecular weight is 308 g/mol. The molecule has 1 aromatic heterocycles. The van der Waals surface area contributed by atoms with Crippen molar-refractivity contribution >= 4 is 28.3 Å². The van der Waals surface area contributed by atoms with Gasteiger partial charge in [0.15, 0.2) is 5.13 Å². The first-order valence-electron chi connectivity index (χ1n) is 6.22. The zero-order chi connectivity index (χ0) is 15.4. The van der Waals surface area contributed by atoms with E-state index in [1.165, 1.54) is 18.2 Å². The maximum Gasteiger partial charge on any atom is 0.350 e. The molecule has 0 fully saturated rings. The zero-order valence-electron chi connectivity index (χ0n) is 11.5. The standard InChI is InChI=1S/C14H13FN2O3S/c1-3-20-13(19)11-8(2)16-14(21-11)17-12(18)9-5-4-6-10(15)7-9/h4-7H,3H2,1-2H3,(H,16,17,18). The lowest BCUT2D eigenvalue weighted by Gasteiger charge is -2.01. The van der Waals surface area contributed by atoms with Crippen molar-refractivity contribution < 1.29 is 18.7 Å². The first-order valence-corrected chi connectivity index (χ1v) is 7.04. The third-order valence-electron chi connectivity index (χ3n) is 2.56. The second kappa shape index (κ2) is 6.45. The Morgan fingerprint density at radius 2 is 2.19 bits per heavy atom. The monoisotopic (exact) mass is 308 g/mol. The fourth-order valence-electron chi connectivity index (χ4n) is 1.63. The number of benzene rings is 1. The fraction of sp³-hybridized carbons (Fsp3) is 0.214. The van der Waals surface area contributed by atoms with Gasteiger partial charge in [-0.2, -0.15) is 0 Å².